The minimum absolute atomic E-state index is 0.132. The van der Waals surface area contributed by atoms with Crippen molar-refractivity contribution in [3.63, 3.8) is 0 Å². The predicted octanol–water partition coefficient (Wildman–Crippen LogP) is 1.39. The summed E-state index contributed by atoms with van der Waals surface area (Å²) in [4.78, 5) is 28.6. The summed E-state index contributed by atoms with van der Waals surface area (Å²) in [7, 11) is 1.35. The third-order valence-electron chi connectivity index (χ3n) is 4.28. The summed E-state index contributed by atoms with van der Waals surface area (Å²) >= 11 is 0. The molecule has 126 valence electrons. The van der Waals surface area contributed by atoms with Crippen molar-refractivity contribution >= 4 is 22.4 Å². The van der Waals surface area contributed by atoms with Crippen LogP contribution in [0.15, 0.2) is 41.6 Å². The molecule has 1 aromatic carbocycles. The van der Waals surface area contributed by atoms with Gasteiger partial charge in [-0.05, 0) is 30.2 Å². The molecule has 0 amide bonds. The minimum atomic E-state index is -0.337. The number of para-hydroxylation sites is 1. The molecule has 0 fully saturated rings. The number of esters is 1. The minimum Gasteiger partial charge on any atom is -0.469 e. The molecular weight excluding hydrogens is 322 g/mol. The van der Waals surface area contributed by atoms with Crippen LogP contribution in [0.1, 0.15) is 11.1 Å². The number of H-pyrrole nitrogens is 1. The van der Waals surface area contributed by atoms with Crippen LogP contribution in [0.5, 0.6) is 0 Å². The SMILES string of the molecule is COC(=O)Cc1cn2ncnc(-n3[nH]c4ccccc4c3=O)c2c1C. The van der Waals surface area contributed by atoms with E-state index in [-0.39, 0.29) is 17.9 Å². The van der Waals surface area contributed by atoms with Crippen LogP contribution < -0.4 is 5.56 Å². The molecule has 0 radical (unpaired) electrons. The van der Waals surface area contributed by atoms with E-state index < -0.39 is 0 Å². The Kier molecular flexibility index (Phi) is 3.38. The van der Waals surface area contributed by atoms with Crippen molar-refractivity contribution in [2.75, 3.05) is 7.11 Å². The lowest BCUT2D eigenvalue weighted by Crippen LogP contribution is -2.17. The second kappa shape index (κ2) is 5.59. The molecule has 0 saturated heterocycles. The fraction of sp³-hybridized carbons (Fsp3) is 0.176. The number of rotatable bonds is 3. The number of aromatic amines is 1. The number of benzene rings is 1. The molecule has 8 heteroatoms. The Bertz CT molecular complexity index is 1170. The van der Waals surface area contributed by atoms with Gasteiger partial charge in [-0.2, -0.15) is 9.78 Å². The van der Waals surface area contributed by atoms with Crippen molar-refractivity contribution in [3.8, 4) is 5.82 Å². The normalized spacial score (nSPS) is 11.3. The quantitative estimate of drug-likeness (QED) is 0.570. The van der Waals surface area contributed by atoms with E-state index in [1.54, 1.807) is 16.8 Å². The number of ether oxygens (including phenoxy) is 1. The van der Waals surface area contributed by atoms with Gasteiger partial charge >= 0.3 is 5.97 Å². The summed E-state index contributed by atoms with van der Waals surface area (Å²) in [6.07, 6.45) is 3.26. The van der Waals surface area contributed by atoms with Crippen molar-refractivity contribution in [2.24, 2.45) is 0 Å². The van der Waals surface area contributed by atoms with Crippen LogP contribution in [0, 0.1) is 6.92 Å². The molecule has 0 bridgehead atoms. The first-order chi connectivity index (χ1) is 12.1. The van der Waals surface area contributed by atoms with Crippen LogP contribution in [0.2, 0.25) is 0 Å². The number of methoxy groups -OCH3 is 1. The maximum absolute atomic E-state index is 12.7. The number of hydrogen-bond acceptors (Lipinski definition) is 5. The van der Waals surface area contributed by atoms with Crippen molar-refractivity contribution < 1.29 is 9.53 Å². The van der Waals surface area contributed by atoms with Gasteiger partial charge in [0, 0.05) is 6.20 Å². The summed E-state index contributed by atoms with van der Waals surface area (Å²) in [6.45, 7) is 1.87. The Morgan fingerprint density at radius 3 is 2.88 bits per heavy atom. The molecule has 8 nitrogen and oxygen atoms in total. The van der Waals surface area contributed by atoms with Gasteiger partial charge in [-0.15, -0.1) is 0 Å². The monoisotopic (exact) mass is 337 g/mol. The standard InChI is InChI=1S/C17H15N5O3/c1-10-11(7-14(23)25-2)8-21-15(10)16(18-9-19-21)22-17(24)12-5-3-4-6-13(12)20-22/h3-6,8-9,20H,7H2,1-2H3. The van der Waals surface area contributed by atoms with Crippen molar-refractivity contribution in [1.29, 1.82) is 0 Å². The van der Waals surface area contributed by atoms with E-state index in [0.717, 1.165) is 16.6 Å². The number of hydrogen-bond donors (Lipinski definition) is 1. The molecule has 3 aromatic heterocycles. The van der Waals surface area contributed by atoms with Gasteiger partial charge in [0.2, 0.25) is 0 Å². The summed E-state index contributed by atoms with van der Waals surface area (Å²) in [5.74, 6) is 0.0983. The van der Waals surface area contributed by atoms with Crippen LogP contribution in [0.25, 0.3) is 22.2 Å². The zero-order valence-corrected chi connectivity index (χ0v) is 13.7. The lowest BCUT2D eigenvalue weighted by molar-refractivity contribution is -0.139. The van der Waals surface area contributed by atoms with Crippen molar-refractivity contribution in [2.45, 2.75) is 13.3 Å². The van der Waals surface area contributed by atoms with Gasteiger partial charge in [0.25, 0.3) is 5.56 Å². The molecule has 0 spiro atoms. The first-order valence-electron chi connectivity index (χ1n) is 7.69. The maximum Gasteiger partial charge on any atom is 0.310 e. The van der Waals surface area contributed by atoms with Crippen LogP contribution in [-0.4, -0.2) is 37.5 Å². The Morgan fingerprint density at radius 1 is 1.32 bits per heavy atom. The highest BCUT2D eigenvalue weighted by Gasteiger charge is 2.18. The van der Waals surface area contributed by atoms with Gasteiger partial charge in [0.05, 0.1) is 24.4 Å². The highest BCUT2D eigenvalue weighted by atomic mass is 16.5. The van der Waals surface area contributed by atoms with Crippen LogP contribution in [0.3, 0.4) is 0 Å². The van der Waals surface area contributed by atoms with E-state index in [1.165, 1.54) is 18.1 Å². The summed E-state index contributed by atoms with van der Waals surface area (Å²) in [5.41, 5.74) is 2.80. The van der Waals surface area contributed by atoms with E-state index in [1.807, 2.05) is 25.1 Å². The molecule has 0 aliphatic rings. The van der Waals surface area contributed by atoms with Crippen LogP contribution >= 0.6 is 0 Å². The lowest BCUT2D eigenvalue weighted by atomic mass is 10.1. The van der Waals surface area contributed by atoms with Crippen molar-refractivity contribution in [3.05, 3.63) is 58.3 Å². The summed E-state index contributed by atoms with van der Waals surface area (Å²) in [5, 5.41) is 7.84. The van der Waals surface area contributed by atoms with E-state index in [4.69, 9.17) is 4.74 Å². The predicted molar refractivity (Wildman–Crippen MR) is 90.9 cm³/mol. The first-order valence-corrected chi connectivity index (χ1v) is 7.69. The molecule has 4 rings (SSSR count). The molecule has 0 aliphatic heterocycles. The molecular formula is C17H15N5O3. The van der Waals surface area contributed by atoms with Gasteiger partial charge in [-0.3, -0.25) is 14.7 Å². The second-order valence-corrected chi connectivity index (χ2v) is 5.71. The average Bonchev–Trinajstić information content (AvgIpc) is 3.13. The number of carbonyl (C=O) groups excluding carboxylic acids is 1. The third-order valence-corrected chi connectivity index (χ3v) is 4.28. The lowest BCUT2D eigenvalue weighted by Gasteiger charge is -2.04. The van der Waals surface area contributed by atoms with E-state index in [0.29, 0.717) is 16.7 Å². The smallest absolute Gasteiger partial charge is 0.310 e. The highest BCUT2D eigenvalue weighted by Crippen LogP contribution is 2.22. The largest absolute Gasteiger partial charge is 0.469 e. The third kappa shape index (κ3) is 2.30. The van der Waals surface area contributed by atoms with Crippen molar-refractivity contribution in [1.82, 2.24) is 24.4 Å². The van der Waals surface area contributed by atoms with Gasteiger partial charge in [0.1, 0.15) is 11.8 Å². The number of fused-ring (bicyclic) bond motifs is 2. The number of carbonyl (C=O) groups is 1. The highest BCUT2D eigenvalue weighted by molar-refractivity contribution is 5.80. The fourth-order valence-corrected chi connectivity index (χ4v) is 2.97. The molecule has 0 aliphatic carbocycles. The summed E-state index contributed by atoms with van der Waals surface area (Å²) < 4.78 is 7.75. The number of nitrogens with zero attached hydrogens (tertiary/aromatic N) is 4. The molecule has 0 unspecified atom stereocenters. The zero-order chi connectivity index (χ0) is 17.6. The number of aryl methyl sites for hydroxylation is 1. The van der Waals surface area contributed by atoms with Gasteiger partial charge in [-0.1, -0.05) is 12.1 Å². The Balaban J connectivity index is 1.97. The molecule has 0 atom stereocenters. The van der Waals surface area contributed by atoms with Gasteiger partial charge < -0.3 is 4.74 Å². The second-order valence-electron chi connectivity index (χ2n) is 5.71. The maximum atomic E-state index is 12.7. The first kappa shape index (κ1) is 15.1. The number of nitrogens with one attached hydrogen (secondary N) is 1. The van der Waals surface area contributed by atoms with E-state index in [2.05, 4.69) is 15.2 Å². The zero-order valence-electron chi connectivity index (χ0n) is 13.7. The summed E-state index contributed by atoms with van der Waals surface area (Å²) in [6, 6.07) is 7.26. The van der Waals surface area contributed by atoms with Crippen LogP contribution in [-0.2, 0) is 16.0 Å². The topological polar surface area (TPSA) is 94.3 Å². The molecule has 4 aromatic rings. The Morgan fingerprint density at radius 2 is 2.12 bits per heavy atom. The fourth-order valence-electron chi connectivity index (χ4n) is 2.97. The average molecular weight is 337 g/mol. The number of aromatic nitrogens is 5. The molecule has 25 heavy (non-hydrogen) atoms. The van der Waals surface area contributed by atoms with E-state index >= 15 is 0 Å². The Labute approximate surface area is 141 Å². The Hall–Kier alpha value is -3.42. The molecule has 3 heterocycles. The van der Waals surface area contributed by atoms with Gasteiger partial charge in [-0.25, -0.2) is 9.50 Å². The van der Waals surface area contributed by atoms with Crippen LogP contribution in [0.4, 0.5) is 0 Å². The van der Waals surface area contributed by atoms with Gasteiger partial charge in [0.15, 0.2) is 5.82 Å². The molecule has 1 N–H and O–H groups in total. The van der Waals surface area contributed by atoms with E-state index in [9.17, 15) is 9.59 Å². The molecule has 0 saturated carbocycles.